The van der Waals surface area contributed by atoms with Crippen molar-refractivity contribution in [2.45, 2.75) is 62.4 Å². The van der Waals surface area contributed by atoms with Gasteiger partial charge in [-0.05, 0) is 35.2 Å². The zero-order valence-electron chi connectivity index (χ0n) is 22.8. The number of aliphatic hydroxyl groups is 1. The third kappa shape index (κ3) is 8.84. The van der Waals surface area contributed by atoms with Crippen LogP contribution < -0.4 is 10.8 Å². The molecule has 3 atom stereocenters. The first-order chi connectivity index (χ1) is 20.4. The molecule has 1 saturated heterocycles. The smallest absolute Gasteiger partial charge is 0.338 e. The number of ether oxygens (including phenoxy) is 2. The first-order valence-corrected chi connectivity index (χ1v) is 14.4. The molecule has 12 heteroatoms. The van der Waals surface area contributed by atoms with Gasteiger partial charge in [-0.3, -0.25) is 14.8 Å². The number of aromatic carboxylic acids is 1. The largest absolute Gasteiger partial charge is 0.478 e. The van der Waals surface area contributed by atoms with Crippen LogP contribution in [0.3, 0.4) is 0 Å². The minimum atomic E-state index is -1.04. The summed E-state index contributed by atoms with van der Waals surface area (Å²) >= 11 is 1.32. The van der Waals surface area contributed by atoms with Crippen molar-refractivity contribution in [2.24, 2.45) is 0 Å². The molecule has 0 saturated carbocycles. The maximum Gasteiger partial charge on any atom is 0.338 e. The topological polar surface area (TPSA) is 167 Å². The molecule has 3 aromatic rings. The molecule has 1 aliphatic heterocycles. The Kier molecular flexibility index (Phi) is 11.4. The van der Waals surface area contributed by atoms with E-state index in [0.29, 0.717) is 30.2 Å². The second kappa shape index (κ2) is 15.4. The van der Waals surface area contributed by atoms with Crippen molar-refractivity contribution in [3.05, 3.63) is 94.7 Å². The molecule has 0 unspecified atom stereocenters. The third-order valence-corrected chi connectivity index (χ3v) is 7.83. The van der Waals surface area contributed by atoms with Crippen LogP contribution in [0.25, 0.3) is 0 Å². The molecule has 0 spiro atoms. The van der Waals surface area contributed by atoms with Crippen LogP contribution in [0.5, 0.6) is 0 Å². The molecule has 11 nitrogen and oxygen atoms in total. The number of pyridine rings is 1. The van der Waals surface area contributed by atoms with Gasteiger partial charge in [-0.15, -0.1) is 11.8 Å². The van der Waals surface area contributed by atoms with Crippen molar-refractivity contribution in [2.75, 3.05) is 5.75 Å². The molecule has 222 valence electrons. The lowest BCUT2D eigenvalue weighted by Gasteiger charge is -2.36. The number of thioether (sulfide) groups is 1. The number of hydrogen-bond donors (Lipinski definition) is 5. The quantitative estimate of drug-likeness (QED) is 0.111. The molecule has 0 bridgehead atoms. The normalized spacial score (nSPS) is 18.3. The first kappa shape index (κ1) is 31.1. The number of aromatic nitrogens is 1. The summed E-state index contributed by atoms with van der Waals surface area (Å²) in [5.41, 5.74) is 5.08. The van der Waals surface area contributed by atoms with Crippen molar-refractivity contribution in [3.63, 3.8) is 0 Å². The molecule has 5 N–H and O–H groups in total. The van der Waals surface area contributed by atoms with Crippen LogP contribution in [0.15, 0.2) is 71.9 Å². The maximum absolute atomic E-state index is 12.1. The van der Waals surface area contributed by atoms with E-state index in [1.165, 1.54) is 17.8 Å². The minimum Gasteiger partial charge on any atom is -0.478 e. The summed E-state index contributed by atoms with van der Waals surface area (Å²) in [6.45, 7) is 0.257. The van der Waals surface area contributed by atoms with Crippen LogP contribution in [-0.2, 0) is 32.2 Å². The number of nitrogens with zero attached hydrogens (tertiary/aromatic N) is 1. The van der Waals surface area contributed by atoms with Gasteiger partial charge in [0.25, 0.3) is 0 Å². The van der Waals surface area contributed by atoms with Gasteiger partial charge in [0.05, 0.1) is 24.4 Å². The summed E-state index contributed by atoms with van der Waals surface area (Å²) in [4.78, 5) is 39.0. The number of nitrogens with one attached hydrogen (secondary N) is 2. The monoisotopic (exact) mass is 595 g/mol. The molecule has 1 aliphatic rings. The highest BCUT2D eigenvalue weighted by Gasteiger charge is 2.32. The lowest BCUT2D eigenvalue weighted by atomic mass is 10.0. The summed E-state index contributed by atoms with van der Waals surface area (Å²) in [6.07, 6.45) is 1.42. The van der Waals surface area contributed by atoms with Crippen LogP contribution in [-0.4, -0.2) is 50.0 Å². The Bertz CT molecular complexity index is 1350. The summed E-state index contributed by atoms with van der Waals surface area (Å²) < 4.78 is 12.7. The van der Waals surface area contributed by atoms with Crippen LogP contribution >= 0.6 is 11.8 Å². The average Bonchev–Trinajstić information content (AvgIpc) is 3.03. The first-order valence-electron chi connectivity index (χ1n) is 13.5. The van der Waals surface area contributed by atoms with Gasteiger partial charge in [-0.25, -0.2) is 15.3 Å². The Balaban J connectivity index is 1.42. The molecular formula is C30H33N3O8S. The minimum absolute atomic E-state index is 0.0551. The Morgan fingerprint density at radius 1 is 0.929 bits per heavy atom. The van der Waals surface area contributed by atoms with Gasteiger partial charge in [0.2, 0.25) is 11.8 Å². The van der Waals surface area contributed by atoms with Crippen LogP contribution in [0.4, 0.5) is 0 Å². The lowest BCUT2D eigenvalue weighted by Crippen LogP contribution is -2.31. The standard InChI is InChI=1S/C30H33N3O8S/c34-17-20-8-10-21(11-9-20)25-15-23(18-42-28-24(29(37)38)3-2-14-31-28)40-30(41-25)22-12-6-19(7-13-22)16-32-26(35)4-1-5-27(36)33-39/h2-3,6-14,23,25,30,34,39H,1,4-5,15-18H2,(H,32,35)(H,33,36)(H,37,38)/t23-,25+,30+/m1/s1. The Morgan fingerprint density at radius 3 is 2.31 bits per heavy atom. The highest BCUT2D eigenvalue weighted by molar-refractivity contribution is 7.99. The van der Waals surface area contributed by atoms with Gasteiger partial charge < -0.3 is 25.0 Å². The predicted octanol–water partition coefficient (Wildman–Crippen LogP) is 3.90. The van der Waals surface area contributed by atoms with Crippen LogP contribution in [0.2, 0.25) is 0 Å². The van der Waals surface area contributed by atoms with Crippen molar-refractivity contribution in [1.82, 2.24) is 15.8 Å². The van der Waals surface area contributed by atoms with Gasteiger partial charge in [-0.2, -0.15) is 0 Å². The van der Waals surface area contributed by atoms with Crippen molar-refractivity contribution in [3.8, 4) is 0 Å². The third-order valence-electron chi connectivity index (χ3n) is 6.70. The fraction of sp³-hybridized carbons (Fsp3) is 0.333. The number of benzene rings is 2. The Labute approximate surface area is 247 Å². The van der Waals surface area contributed by atoms with Gasteiger partial charge in [0.1, 0.15) is 5.03 Å². The fourth-order valence-corrected chi connectivity index (χ4v) is 5.41. The van der Waals surface area contributed by atoms with Crippen molar-refractivity contribution in [1.29, 1.82) is 0 Å². The van der Waals surface area contributed by atoms with E-state index in [4.69, 9.17) is 14.7 Å². The maximum atomic E-state index is 12.1. The Hall–Kier alpha value is -3.81. The Morgan fingerprint density at radius 2 is 1.62 bits per heavy atom. The summed E-state index contributed by atoms with van der Waals surface area (Å²) in [5, 5.41) is 30.7. The summed E-state index contributed by atoms with van der Waals surface area (Å²) in [5.74, 6) is -1.30. The van der Waals surface area contributed by atoms with E-state index < -0.39 is 18.2 Å². The summed E-state index contributed by atoms with van der Waals surface area (Å²) in [7, 11) is 0. The summed E-state index contributed by atoms with van der Waals surface area (Å²) in [6, 6.07) is 18.2. The number of carboxylic acids is 1. The molecule has 2 aromatic carbocycles. The second-order valence-corrected chi connectivity index (χ2v) is 10.7. The molecule has 2 heterocycles. The number of carboxylic acid groups (broad SMARTS) is 1. The number of aliphatic hydroxyl groups excluding tert-OH is 1. The van der Waals surface area contributed by atoms with Gasteiger partial charge >= 0.3 is 5.97 Å². The molecular weight excluding hydrogens is 562 g/mol. The van der Waals surface area contributed by atoms with E-state index in [-0.39, 0.29) is 43.1 Å². The zero-order chi connectivity index (χ0) is 29.9. The van der Waals surface area contributed by atoms with Gasteiger partial charge in [0.15, 0.2) is 6.29 Å². The van der Waals surface area contributed by atoms with Crippen LogP contribution in [0, 0.1) is 0 Å². The molecule has 0 aliphatic carbocycles. The van der Waals surface area contributed by atoms with Crippen molar-refractivity contribution < 1.29 is 39.3 Å². The number of rotatable bonds is 13. The predicted molar refractivity (Wildman–Crippen MR) is 152 cm³/mol. The van der Waals surface area contributed by atoms with Gasteiger partial charge in [-0.1, -0.05) is 48.5 Å². The molecule has 0 radical (unpaired) electrons. The van der Waals surface area contributed by atoms with Crippen LogP contribution in [0.1, 0.15) is 70.7 Å². The fourth-order valence-electron chi connectivity index (χ4n) is 4.41. The average molecular weight is 596 g/mol. The molecule has 2 amide bonds. The van der Waals surface area contributed by atoms with E-state index in [9.17, 15) is 24.6 Å². The zero-order valence-corrected chi connectivity index (χ0v) is 23.6. The molecule has 1 aromatic heterocycles. The van der Waals surface area contributed by atoms with Crippen molar-refractivity contribution >= 4 is 29.5 Å². The van der Waals surface area contributed by atoms with E-state index in [1.54, 1.807) is 17.7 Å². The molecule has 42 heavy (non-hydrogen) atoms. The number of hydroxylamine groups is 1. The number of hydrogen-bond acceptors (Lipinski definition) is 9. The second-order valence-electron chi connectivity index (χ2n) is 9.73. The SMILES string of the molecule is O=C(CCCC(=O)NCc1ccc([C@H]2O[C@@H](CSc3ncccc3C(=O)O)C[C@@H](c3ccc(CO)cc3)O2)cc1)NO. The molecule has 1 fully saturated rings. The van der Waals surface area contributed by atoms with E-state index in [2.05, 4.69) is 10.3 Å². The number of carbonyl (C=O) groups is 3. The number of carbonyl (C=O) groups excluding carboxylic acids is 2. The highest BCUT2D eigenvalue weighted by Crippen LogP contribution is 2.39. The lowest BCUT2D eigenvalue weighted by molar-refractivity contribution is -0.245. The van der Waals surface area contributed by atoms with E-state index >= 15 is 0 Å². The number of amides is 2. The highest BCUT2D eigenvalue weighted by atomic mass is 32.2. The molecule has 4 rings (SSSR count). The van der Waals surface area contributed by atoms with Gasteiger partial charge in [0, 0.05) is 43.3 Å². The van der Waals surface area contributed by atoms with E-state index in [0.717, 1.165) is 22.3 Å². The van der Waals surface area contributed by atoms with E-state index in [1.807, 2.05) is 48.5 Å².